The number of fused-ring (bicyclic) bond motifs is 1. The number of rotatable bonds is 2. The molecule has 0 amide bonds. The molecule has 0 saturated carbocycles. The molecule has 0 heterocycles. The van der Waals surface area contributed by atoms with Gasteiger partial charge in [-0.15, -0.1) is 0 Å². The van der Waals surface area contributed by atoms with Gasteiger partial charge in [0.05, 0.1) is 0 Å². The van der Waals surface area contributed by atoms with Crippen LogP contribution in [0.5, 0.6) is 0 Å². The number of benzene rings is 1. The highest BCUT2D eigenvalue weighted by Crippen LogP contribution is 2.33. The van der Waals surface area contributed by atoms with E-state index < -0.39 is 0 Å². The van der Waals surface area contributed by atoms with Crippen molar-refractivity contribution in [2.24, 2.45) is 0 Å². The molecule has 78 valence electrons. The van der Waals surface area contributed by atoms with E-state index in [-0.39, 0.29) is 0 Å². The molecule has 0 saturated heterocycles. The average Bonchev–Trinajstić information content (AvgIpc) is 2.69. The third-order valence-corrected chi connectivity index (χ3v) is 2.48. The molecule has 0 heteroatoms. The predicted molar refractivity (Wildman–Crippen MR) is 68.8 cm³/mol. The molecular weight excluding hydrogens is 180 g/mol. The SMILES string of the molecule is C=CC1=C(C=C)c2ccccc2C1.CC. The van der Waals surface area contributed by atoms with E-state index in [0.717, 1.165) is 6.42 Å². The zero-order valence-electron chi connectivity index (χ0n) is 9.59. The van der Waals surface area contributed by atoms with Gasteiger partial charge in [-0.1, -0.05) is 63.4 Å². The van der Waals surface area contributed by atoms with Crippen LogP contribution in [0.1, 0.15) is 25.0 Å². The summed E-state index contributed by atoms with van der Waals surface area (Å²) in [4.78, 5) is 0. The summed E-state index contributed by atoms with van der Waals surface area (Å²) in [5, 5.41) is 0. The summed E-state index contributed by atoms with van der Waals surface area (Å²) in [6, 6.07) is 8.44. The molecule has 1 aliphatic rings. The van der Waals surface area contributed by atoms with Crippen LogP contribution in [0.4, 0.5) is 0 Å². The first-order valence-corrected chi connectivity index (χ1v) is 5.43. The van der Waals surface area contributed by atoms with Crippen LogP contribution < -0.4 is 0 Å². The third-order valence-electron chi connectivity index (χ3n) is 2.48. The monoisotopic (exact) mass is 198 g/mol. The van der Waals surface area contributed by atoms with Crippen LogP contribution in [0, 0.1) is 0 Å². The van der Waals surface area contributed by atoms with E-state index in [1.165, 1.54) is 22.3 Å². The van der Waals surface area contributed by atoms with E-state index in [1.54, 1.807) is 0 Å². The summed E-state index contributed by atoms with van der Waals surface area (Å²) < 4.78 is 0. The lowest BCUT2D eigenvalue weighted by Gasteiger charge is -1.98. The molecule has 0 aliphatic heterocycles. The Labute approximate surface area is 92.6 Å². The third kappa shape index (κ3) is 2.10. The molecule has 0 N–H and O–H groups in total. The summed E-state index contributed by atoms with van der Waals surface area (Å²) >= 11 is 0. The molecule has 0 unspecified atom stereocenters. The van der Waals surface area contributed by atoms with Crippen molar-refractivity contribution in [1.82, 2.24) is 0 Å². The topological polar surface area (TPSA) is 0 Å². The van der Waals surface area contributed by atoms with Crippen LogP contribution >= 0.6 is 0 Å². The molecule has 0 bridgehead atoms. The normalized spacial score (nSPS) is 12.7. The summed E-state index contributed by atoms with van der Waals surface area (Å²) in [5.74, 6) is 0. The van der Waals surface area contributed by atoms with Crippen molar-refractivity contribution in [2.75, 3.05) is 0 Å². The van der Waals surface area contributed by atoms with Crippen molar-refractivity contribution < 1.29 is 0 Å². The Kier molecular flexibility index (Phi) is 4.11. The first-order chi connectivity index (χ1) is 7.36. The molecule has 0 radical (unpaired) electrons. The maximum atomic E-state index is 3.83. The van der Waals surface area contributed by atoms with Gasteiger partial charge in [0, 0.05) is 0 Å². The van der Waals surface area contributed by atoms with Crippen molar-refractivity contribution in [1.29, 1.82) is 0 Å². The maximum Gasteiger partial charge on any atom is -0.00137 e. The van der Waals surface area contributed by atoms with Crippen molar-refractivity contribution in [3.63, 3.8) is 0 Å². The molecule has 0 spiro atoms. The van der Waals surface area contributed by atoms with Gasteiger partial charge in [0.15, 0.2) is 0 Å². The molecule has 15 heavy (non-hydrogen) atoms. The van der Waals surface area contributed by atoms with Crippen molar-refractivity contribution in [3.8, 4) is 0 Å². The fourth-order valence-corrected chi connectivity index (χ4v) is 1.83. The molecular formula is C15H18. The van der Waals surface area contributed by atoms with Crippen molar-refractivity contribution in [2.45, 2.75) is 20.3 Å². The van der Waals surface area contributed by atoms with Crippen LogP contribution in [0.3, 0.4) is 0 Å². The lowest BCUT2D eigenvalue weighted by atomic mass is 10.1. The Morgan fingerprint density at radius 1 is 1.07 bits per heavy atom. The highest BCUT2D eigenvalue weighted by Gasteiger charge is 2.15. The molecule has 0 atom stereocenters. The van der Waals surface area contributed by atoms with E-state index in [1.807, 2.05) is 26.0 Å². The Morgan fingerprint density at radius 2 is 1.73 bits per heavy atom. The zero-order chi connectivity index (χ0) is 11.3. The van der Waals surface area contributed by atoms with E-state index in [4.69, 9.17) is 0 Å². The molecule has 1 aromatic carbocycles. The van der Waals surface area contributed by atoms with Gasteiger partial charge >= 0.3 is 0 Å². The van der Waals surface area contributed by atoms with Gasteiger partial charge in [-0.05, 0) is 28.7 Å². The van der Waals surface area contributed by atoms with Crippen molar-refractivity contribution in [3.05, 3.63) is 66.3 Å². The minimum atomic E-state index is 1.00. The largest absolute Gasteiger partial charge is 0.0988 e. The molecule has 1 aliphatic carbocycles. The Hall–Kier alpha value is -1.56. The second kappa shape index (κ2) is 5.35. The van der Waals surface area contributed by atoms with Crippen molar-refractivity contribution >= 4 is 5.57 Å². The van der Waals surface area contributed by atoms with E-state index in [2.05, 4.69) is 37.4 Å². The second-order valence-electron chi connectivity index (χ2n) is 3.18. The molecule has 0 nitrogen and oxygen atoms in total. The van der Waals surface area contributed by atoms with Gasteiger partial charge in [-0.25, -0.2) is 0 Å². The Balaban J connectivity index is 0.000000531. The van der Waals surface area contributed by atoms with E-state index in [0.29, 0.717) is 0 Å². The fourth-order valence-electron chi connectivity index (χ4n) is 1.83. The quantitative estimate of drug-likeness (QED) is 0.661. The highest BCUT2D eigenvalue weighted by molar-refractivity contribution is 5.84. The first-order valence-electron chi connectivity index (χ1n) is 5.43. The van der Waals surface area contributed by atoms with Crippen LogP contribution in [0.25, 0.3) is 5.57 Å². The van der Waals surface area contributed by atoms with E-state index in [9.17, 15) is 0 Å². The van der Waals surface area contributed by atoms with Crippen LogP contribution in [-0.2, 0) is 6.42 Å². The molecule has 0 aromatic heterocycles. The molecule has 2 rings (SSSR count). The van der Waals surface area contributed by atoms with Gasteiger partial charge in [-0.3, -0.25) is 0 Å². The van der Waals surface area contributed by atoms with Crippen LogP contribution in [-0.4, -0.2) is 0 Å². The maximum absolute atomic E-state index is 3.83. The van der Waals surface area contributed by atoms with Gasteiger partial charge in [0.1, 0.15) is 0 Å². The standard InChI is InChI=1S/C13H12.C2H6/c1-3-10-9-11-7-5-6-8-13(11)12(10)4-2;1-2/h3-8H,1-2,9H2;1-2H3. The second-order valence-corrected chi connectivity index (χ2v) is 3.18. The summed E-state index contributed by atoms with van der Waals surface area (Å²) in [7, 11) is 0. The average molecular weight is 198 g/mol. The number of hydrogen-bond donors (Lipinski definition) is 0. The fraction of sp³-hybridized carbons (Fsp3) is 0.200. The summed E-state index contributed by atoms with van der Waals surface area (Å²) in [6.07, 6.45) is 4.85. The van der Waals surface area contributed by atoms with E-state index >= 15 is 0 Å². The minimum absolute atomic E-state index is 1.00. The Morgan fingerprint density at radius 3 is 2.33 bits per heavy atom. The van der Waals surface area contributed by atoms with Gasteiger partial charge in [0.2, 0.25) is 0 Å². The highest BCUT2D eigenvalue weighted by atomic mass is 14.2. The zero-order valence-corrected chi connectivity index (χ0v) is 9.59. The molecule has 0 fully saturated rings. The minimum Gasteiger partial charge on any atom is -0.0988 e. The van der Waals surface area contributed by atoms with Gasteiger partial charge in [-0.2, -0.15) is 0 Å². The summed E-state index contributed by atoms with van der Waals surface area (Å²) in [5.41, 5.74) is 5.22. The number of hydrogen-bond acceptors (Lipinski definition) is 0. The molecule has 1 aromatic rings. The van der Waals surface area contributed by atoms with Crippen LogP contribution in [0.15, 0.2) is 55.1 Å². The Bertz CT molecular complexity index is 394. The van der Waals surface area contributed by atoms with Gasteiger partial charge in [0.25, 0.3) is 0 Å². The summed E-state index contributed by atoms with van der Waals surface area (Å²) in [6.45, 7) is 11.7. The van der Waals surface area contributed by atoms with Crippen LogP contribution in [0.2, 0.25) is 0 Å². The smallest absolute Gasteiger partial charge is 0.00137 e. The van der Waals surface area contributed by atoms with Gasteiger partial charge < -0.3 is 0 Å². The predicted octanol–water partition coefficient (Wildman–Crippen LogP) is 4.39. The number of allylic oxidation sites excluding steroid dienone is 4. The first kappa shape index (κ1) is 11.5. The lowest BCUT2D eigenvalue weighted by molar-refractivity contribution is 1.25. The lowest BCUT2D eigenvalue weighted by Crippen LogP contribution is -1.80.